The van der Waals surface area contributed by atoms with Crippen LogP contribution in [0.2, 0.25) is 0 Å². The molecule has 0 atom stereocenters. The molecule has 2 aromatic rings. The van der Waals surface area contributed by atoms with Gasteiger partial charge in [-0.25, -0.2) is 4.98 Å². The Hall–Kier alpha value is -1.75. The van der Waals surface area contributed by atoms with Crippen LogP contribution in [0.5, 0.6) is 0 Å². The number of rotatable bonds is 4. The average Bonchev–Trinajstić information content (AvgIpc) is 2.75. The molecule has 0 unspecified atom stereocenters. The van der Waals surface area contributed by atoms with E-state index in [-0.39, 0.29) is 5.91 Å². The number of aromatic nitrogens is 2. The Morgan fingerprint density at radius 2 is 2.00 bits per heavy atom. The van der Waals surface area contributed by atoms with Crippen molar-refractivity contribution in [1.82, 2.24) is 9.97 Å². The van der Waals surface area contributed by atoms with Crippen LogP contribution in [-0.2, 0) is 24.1 Å². The predicted octanol–water partition coefficient (Wildman–Crippen LogP) is 3.38. The van der Waals surface area contributed by atoms with Crippen molar-refractivity contribution < 1.29 is 4.79 Å². The Morgan fingerprint density at radius 1 is 1.19 bits per heavy atom. The highest BCUT2D eigenvalue weighted by Crippen LogP contribution is 2.28. The van der Waals surface area contributed by atoms with Crippen LogP contribution in [0, 0.1) is 0 Å². The molecular formula is C16H19N3OS. The van der Waals surface area contributed by atoms with Gasteiger partial charge in [0.05, 0.1) is 5.69 Å². The maximum Gasteiger partial charge on any atom is 0.226 e. The molecule has 2 aromatic heterocycles. The van der Waals surface area contributed by atoms with Gasteiger partial charge in [-0.2, -0.15) is 0 Å². The van der Waals surface area contributed by atoms with E-state index in [1.54, 1.807) is 23.7 Å². The third kappa shape index (κ3) is 3.88. The number of carbonyl (C=O) groups is 1. The number of pyridine rings is 1. The van der Waals surface area contributed by atoms with Crippen LogP contribution in [0.25, 0.3) is 0 Å². The number of fused-ring (bicyclic) bond motifs is 1. The first-order valence-corrected chi connectivity index (χ1v) is 8.30. The second-order valence-electron chi connectivity index (χ2n) is 5.35. The van der Waals surface area contributed by atoms with Gasteiger partial charge in [0, 0.05) is 23.7 Å². The number of amides is 1. The van der Waals surface area contributed by atoms with E-state index in [1.807, 2.05) is 12.1 Å². The maximum atomic E-state index is 12.0. The molecule has 0 saturated carbocycles. The smallest absolute Gasteiger partial charge is 0.226 e. The monoisotopic (exact) mass is 301 g/mol. The van der Waals surface area contributed by atoms with E-state index in [2.05, 4.69) is 15.3 Å². The predicted molar refractivity (Wildman–Crippen MR) is 84.6 cm³/mol. The van der Waals surface area contributed by atoms with Crippen LogP contribution in [0.4, 0.5) is 5.13 Å². The van der Waals surface area contributed by atoms with Gasteiger partial charge < -0.3 is 5.32 Å². The number of anilines is 1. The Morgan fingerprint density at radius 3 is 2.86 bits per heavy atom. The summed E-state index contributed by atoms with van der Waals surface area (Å²) in [4.78, 5) is 21.9. The molecule has 5 heteroatoms. The number of nitrogens with one attached hydrogen (secondary N) is 1. The summed E-state index contributed by atoms with van der Waals surface area (Å²) < 4.78 is 0. The van der Waals surface area contributed by atoms with Gasteiger partial charge in [0.1, 0.15) is 0 Å². The van der Waals surface area contributed by atoms with Crippen molar-refractivity contribution >= 4 is 22.4 Å². The number of hydrogen-bond donors (Lipinski definition) is 1. The van der Waals surface area contributed by atoms with Crippen molar-refractivity contribution in [1.29, 1.82) is 0 Å². The van der Waals surface area contributed by atoms with Gasteiger partial charge in [0.25, 0.3) is 0 Å². The van der Waals surface area contributed by atoms with Gasteiger partial charge >= 0.3 is 0 Å². The summed E-state index contributed by atoms with van der Waals surface area (Å²) in [5.74, 6) is 0.0377. The summed E-state index contributed by atoms with van der Waals surface area (Å²) in [7, 11) is 0. The van der Waals surface area contributed by atoms with Crippen molar-refractivity contribution in [2.45, 2.75) is 44.9 Å². The SMILES string of the molecule is O=C(CCc1ccncc1)Nc1nc2c(s1)CCCCC2. The van der Waals surface area contributed by atoms with Gasteiger partial charge in [0.15, 0.2) is 5.13 Å². The topological polar surface area (TPSA) is 54.9 Å². The molecule has 0 spiro atoms. The first-order valence-electron chi connectivity index (χ1n) is 7.48. The van der Waals surface area contributed by atoms with Crippen molar-refractivity contribution in [3.63, 3.8) is 0 Å². The summed E-state index contributed by atoms with van der Waals surface area (Å²) in [6.45, 7) is 0. The second-order valence-corrected chi connectivity index (χ2v) is 6.44. The lowest BCUT2D eigenvalue weighted by Crippen LogP contribution is -2.12. The highest BCUT2D eigenvalue weighted by molar-refractivity contribution is 7.15. The van der Waals surface area contributed by atoms with E-state index >= 15 is 0 Å². The zero-order chi connectivity index (χ0) is 14.5. The minimum atomic E-state index is 0.0377. The summed E-state index contributed by atoms with van der Waals surface area (Å²) in [6, 6.07) is 3.89. The third-order valence-corrected chi connectivity index (χ3v) is 4.80. The Balaban J connectivity index is 1.55. The minimum Gasteiger partial charge on any atom is -0.302 e. The molecule has 0 aliphatic heterocycles. The number of aryl methyl sites for hydroxylation is 3. The molecule has 4 nitrogen and oxygen atoms in total. The summed E-state index contributed by atoms with van der Waals surface area (Å²) in [5, 5.41) is 3.71. The lowest BCUT2D eigenvalue weighted by atomic mass is 10.1. The van der Waals surface area contributed by atoms with Gasteiger partial charge in [-0.05, 0) is 49.8 Å². The standard InChI is InChI=1S/C16H19N3OS/c20-15(7-6-12-8-10-17-11-9-12)19-16-18-13-4-2-1-3-5-14(13)21-16/h8-11H,1-7H2,(H,18,19,20). The van der Waals surface area contributed by atoms with Gasteiger partial charge in [-0.3, -0.25) is 9.78 Å². The highest BCUT2D eigenvalue weighted by atomic mass is 32.1. The van der Waals surface area contributed by atoms with Crippen LogP contribution < -0.4 is 5.32 Å². The van der Waals surface area contributed by atoms with Crippen LogP contribution >= 0.6 is 11.3 Å². The number of thiazole rings is 1. The van der Waals surface area contributed by atoms with E-state index in [4.69, 9.17) is 0 Å². The molecule has 1 N–H and O–H groups in total. The third-order valence-electron chi connectivity index (χ3n) is 3.73. The molecule has 21 heavy (non-hydrogen) atoms. The van der Waals surface area contributed by atoms with E-state index < -0.39 is 0 Å². The Kier molecular flexibility index (Phi) is 4.60. The highest BCUT2D eigenvalue weighted by Gasteiger charge is 2.15. The molecule has 1 aliphatic rings. The zero-order valence-electron chi connectivity index (χ0n) is 12.0. The second kappa shape index (κ2) is 6.80. The van der Waals surface area contributed by atoms with E-state index in [9.17, 15) is 4.79 Å². The molecule has 0 radical (unpaired) electrons. The van der Waals surface area contributed by atoms with Crippen LogP contribution in [0.15, 0.2) is 24.5 Å². The van der Waals surface area contributed by atoms with E-state index in [0.29, 0.717) is 6.42 Å². The van der Waals surface area contributed by atoms with Gasteiger partial charge in [-0.15, -0.1) is 11.3 Å². The Bertz CT molecular complexity index is 586. The molecule has 0 fully saturated rings. The molecule has 0 saturated heterocycles. The van der Waals surface area contributed by atoms with Crippen LogP contribution in [0.3, 0.4) is 0 Å². The lowest BCUT2D eigenvalue weighted by Gasteiger charge is -2.02. The molecule has 3 rings (SSSR count). The van der Waals surface area contributed by atoms with Crippen LogP contribution in [-0.4, -0.2) is 15.9 Å². The maximum absolute atomic E-state index is 12.0. The van der Waals surface area contributed by atoms with Crippen molar-refractivity contribution in [2.24, 2.45) is 0 Å². The number of hydrogen-bond acceptors (Lipinski definition) is 4. The first kappa shape index (κ1) is 14.2. The molecule has 0 aromatic carbocycles. The fourth-order valence-electron chi connectivity index (χ4n) is 2.57. The fraction of sp³-hybridized carbons (Fsp3) is 0.438. The largest absolute Gasteiger partial charge is 0.302 e. The van der Waals surface area contributed by atoms with Gasteiger partial charge in [0.2, 0.25) is 5.91 Å². The van der Waals surface area contributed by atoms with E-state index in [0.717, 1.165) is 30.0 Å². The Labute approximate surface area is 128 Å². The van der Waals surface area contributed by atoms with Crippen molar-refractivity contribution in [3.8, 4) is 0 Å². The summed E-state index contributed by atoms with van der Waals surface area (Å²) in [6.07, 6.45) is 10.6. The lowest BCUT2D eigenvalue weighted by molar-refractivity contribution is -0.116. The number of carbonyl (C=O) groups excluding carboxylic acids is 1. The quantitative estimate of drug-likeness (QED) is 0.881. The summed E-state index contributed by atoms with van der Waals surface area (Å²) in [5.41, 5.74) is 2.33. The molecule has 1 amide bonds. The van der Waals surface area contributed by atoms with Gasteiger partial charge in [-0.1, -0.05) is 6.42 Å². The van der Waals surface area contributed by atoms with Crippen molar-refractivity contribution in [3.05, 3.63) is 40.7 Å². The molecule has 1 aliphatic carbocycles. The number of nitrogens with zero attached hydrogens (tertiary/aromatic N) is 2. The molecule has 2 heterocycles. The molecule has 0 bridgehead atoms. The fourth-order valence-corrected chi connectivity index (χ4v) is 3.64. The van der Waals surface area contributed by atoms with E-state index in [1.165, 1.54) is 29.8 Å². The molecular weight excluding hydrogens is 282 g/mol. The zero-order valence-corrected chi connectivity index (χ0v) is 12.8. The van der Waals surface area contributed by atoms with Crippen molar-refractivity contribution in [2.75, 3.05) is 5.32 Å². The normalized spacial score (nSPS) is 14.3. The summed E-state index contributed by atoms with van der Waals surface area (Å²) >= 11 is 1.65. The van der Waals surface area contributed by atoms with Crippen LogP contribution in [0.1, 0.15) is 41.8 Å². The first-order chi connectivity index (χ1) is 10.3. The minimum absolute atomic E-state index is 0.0377. The average molecular weight is 301 g/mol. The molecule has 110 valence electrons.